The summed E-state index contributed by atoms with van der Waals surface area (Å²) in [7, 11) is 2.00. The second kappa shape index (κ2) is 11.8. The normalized spacial score (nSPS) is 14.7. The molecule has 27 heavy (non-hydrogen) atoms. The van der Waals surface area contributed by atoms with Crippen molar-refractivity contribution in [2.45, 2.75) is 31.9 Å². The monoisotopic (exact) mass is 432 g/mol. The lowest BCUT2D eigenvalue weighted by molar-refractivity contribution is -0.129. The number of aryl methyl sites for hydroxylation is 1. The standard InChI is InChI=1S/C19H28N4OS.2ClH/c1-15-3-4-18-21-17(12-23(18)11-15)13-25-14-19(24)22-9-6-16(7-10-22)5-8-20-2;;/h3-4,11-12,16,20H,5-10,13-14H2,1-2H3;2*1H. The maximum absolute atomic E-state index is 12.4. The van der Waals surface area contributed by atoms with E-state index in [2.05, 4.69) is 40.1 Å². The summed E-state index contributed by atoms with van der Waals surface area (Å²) in [5.41, 5.74) is 3.22. The molecule has 0 unspecified atom stereocenters. The van der Waals surface area contributed by atoms with Gasteiger partial charge in [0.05, 0.1) is 11.4 Å². The molecular formula is C19H30Cl2N4OS. The lowest BCUT2D eigenvalue weighted by Crippen LogP contribution is -2.39. The number of hydrogen-bond acceptors (Lipinski definition) is 4. The van der Waals surface area contributed by atoms with Crippen LogP contribution in [0.4, 0.5) is 0 Å². The van der Waals surface area contributed by atoms with E-state index in [1.54, 1.807) is 11.8 Å². The van der Waals surface area contributed by atoms with Gasteiger partial charge in [-0.2, -0.15) is 0 Å². The highest BCUT2D eigenvalue weighted by Gasteiger charge is 2.22. The third-order valence-corrected chi connectivity index (χ3v) is 5.85. The summed E-state index contributed by atoms with van der Waals surface area (Å²) < 4.78 is 2.06. The summed E-state index contributed by atoms with van der Waals surface area (Å²) >= 11 is 1.67. The summed E-state index contributed by atoms with van der Waals surface area (Å²) in [6.45, 7) is 4.99. The Morgan fingerprint density at radius 2 is 2.00 bits per heavy atom. The average molecular weight is 433 g/mol. The van der Waals surface area contributed by atoms with Gasteiger partial charge in [-0.15, -0.1) is 36.6 Å². The van der Waals surface area contributed by atoms with Gasteiger partial charge in [0.2, 0.25) is 5.91 Å². The zero-order valence-corrected chi connectivity index (χ0v) is 18.5. The van der Waals surface area contributed by atoms with Crippen molar-refractivity contribution in [2.75, 3.05) is 32.4 Å². The molecule has 1 aliphatic rings. The number of aromatic nitrogens is 2. The molecule has 0 bridgehead atoms. The number of carbonyl (C=O) groups excluding carboxylic acids is 1. The van der Waals surface area contributed by atoms with Crippen LogP contribution in [-0.4, -0.2) is 52.6 Å². The summed E-state index contributed by atoms with van der Waals surface area (Å²) in [6.07, 6.45) is 7.65. The molecule has 0 aliphatic carbocycles. The number of pyridine rings is 1. The van der Waals surface area contributed by atoms with E-state index in [-0.39, 0.29) is 30.7 Å². The molecule has 1 N–H and O–H groups in total. The lowest BCUT2D eigenvalue weighted by Gasteiger charge is -2.32. The summed E-state index contributed by atoms with van der Waals surface area (Å²) in [6, 6.07) is 4.11. The van der Waals surface area contributed by atoms with Gasteiger partial charge in [-0.25, -0.2) is 4.98 Å². The first-order chi connectivity index (χ1) is 12.2. The number of piperidine rings is 1. The van der Waals surface area contributed by atoms with Crippen LogP contribution in [0.1, 0.15) is 30.5 Å². The van der Waals surface area contributed by atoms with Gasteiger partial charge in [-0.05, 0) is 57.3 Å². The van der Waals surface area contributed by atoms with Gasteiger partial charge in [0.15, 0.2) is 0 Å². The van der Waals surface area contributed by atoms with Gasteiger partial charge in [0.1, 0.15) is 5.65 Å². The molecule has 0 spiro atoms. The molecule has 0 saturated carbocycles. The molecule has 1 fully saturated rings. The van der Waals surface area contributed by atoms with Crippen LogP contribution < -0.4 is 5.32 Å². The maximum Gasteiger partial charge on any atom is 0.232 e. The van der Waals surface area contributed by atoms with Crippen LogP contribution in [0.5, 0.6) is 0 Å². The van der Waals surface area contributed by atoms with Crippen molar-refractivity contribution in [3.63, 3.8) is 0 Å². The third kappa shape index (κ3) is 6.86. The van der Waals surface area contributed by atoms with Crippen molar-refractivity contribution in [3.05, 3.63) is 35.8 Å². The summed E-state index contributed by atoms with van der Waals surface area (Å²) in [5.74, 6) is 2.38. The van der Waals surface area contributed by atoms with E-state index in [1.165, 1.54) is 12.0 Å². The molecule has 2 aromatic rings. The number of nitrogens with one attached hydrogen (secondary N) is 1. The first-order valence-electron chi connectivity index (χ1n) is 9.10. The Morgan fingerprint density at radius 1 is 1.26 bits per heavy atom. The van der Waals surface area contributed by atoms with Gasteiger partial charge >= 0.3 is 0 Å². The van der Waals surface area contributed by atoms with E-state index in [0.29, 0.717) is 5.75 Å². The number of thioether (sulfide) groups is 1. The molecule has 0 radical (unpaired) electrons. The quantitative estimate of drug-likeness (QED) is 0.726. The van der Waals surface area contributed by atoms with Crippen LogP contribution >= 0.6 is 36.6 Å². The first-order valence-corrected chi connectivity index (χ1v) is 10.3. The highest BCUT2D eigenvalue weighted by atomic mass is 35.5. The Bertz CT molecular complexity index is 717. The fourth-order valence-electron chi connectivity index (χ4n) is 3.38. The number of imidazole rings is 1. The number of likely N-dealkylation sites (tertiary alicyclic amines) is 1. The van der Waals surface area contributed by atoms with Gasteiger partial charge in [-0.3, -0.25) is 4.79 Å². The number of nitrogens with zero attached hydrogens (tertiary/aromatic N) is 3. The van der Waals surface area contributed by atoms with E-state index in [0.717, 1.165) is 55.5 Å². The third-order valence-electron chi connectivity index (χ3n) is 4.89. The SMILES string of the molecule is CNCCC1CCN(C(=O)CSCc2cn3cc(C)ccc3n2)CC1.Cl.Cl. The van der Waals surface area contributed by atoms with Crippen molar-refractivity contribution in [1.29, 1.82) is 0 Å². The number of rotatable bonds is 7. The van der Waals surface area contributed by atoms with E-state index < -0.39 is 0 Å². The lowest BCUT2D eigenvalue weighted by atomic mass is 9.93. The highest BCUT2D eigenvalue weighted by Crippen LogP contribution is 2.21. The van der Waals surface area contributed by atoms with E-state index >= 15 is 0 Å². The van der Waals surface area contributed by atoms with E-state index in [4.69, 9.17) is 0 Å². The maximum atomic E-state index is 12.4. The zero-order chi connectivity index (χ0) is 17.6. The fraction of sp³-hybridized carbons (Fsp3) is 0.579. The fourth-order valence-corrected chi connectivity index (χ4v) is 4.19. The minimum absolute atomic E-state index is 0. The number of carbonyl (C=O) groups is 1. The van der Waals surface area contributed by atoms with Crippen molar-refractivity contribution in [3.8, 4) is 0 Å². The van der Waals surface area contributed by atoms with Gasteiger partial charge in [-0.1, -0.05) is 6.07 Å². The van der Waals surface area contributed by atoms with Gasteiger partial charge in [0, 0.05) is 31.2 Å². The van der Waals surface area contributed by atoms with Crippen molar-refractivity contribution < 1.29 is 4.79 Å². The Hall–Kier alpha value is -0.950. The van der Waals surface area contributed by atoms with Crippen LogP contribution in [0.3, 0.4) is 0 Å². The van der Waals surface area contributed by atoms with Crippen LogP contribution in [0.15, 0.2) is 24.5 Å². The first kappa shape index (κ1) is 24.1. The van der Waals surface area contributed by atoms with Crippen molar-refractivity contribution in [1.82, 2.24) is 19.6 Å². The van der Waals surface area contributed by atoms with E-state index in [9.17, 15) is 4.79 Å². The minimum Gasteiger partial charge on any atom is -0.342 e. The largest absolute Gasteiger partial charge is 0.342 e. The zero-order valence-electron chi connectivity index (χ0n) is 16.0. The van der Waals surface area contributed by atoms with E-state index in [1.807, 2.05) is 18.0 Å². The molecule has 2 aromatic heterocycles. The summed E-state index contributed by atoms with van der Waals surface area (Å²) in [5, 5.41) is 3.21. The smallest absolute Gasteiger partial charge is 0.232 e. The van der Waals surface area contributed by atoms with Crippen molar-refractivity contribution in [2.24, 2.45) is 5.92 Å². The van der Waals surface area contributed by atoms with Crippen LogP contribution in [-0.2, 0) is 10.5 Å². The topological polar surface area (TPSA) is 49.6 Å². The molecular weight excluding hydrogens is 403 g/mol. The van der Waals surface area contributed by atoms with Crippen LogP contribution in [0.25, 0.3) is 5.65 Å². The van der Waals surface area contributed by atoms with Crippen LogP contribution in [0.2, 0.25) is 0 Å². The molecule has 0 atom stereocenters. The Balaban J connectivity index is 0.00000182. The summed E-state index contributed by atoms with van der Waals surface area (Å²) in [4.78, 5) is 19.0. The second-order valence-electron chi connectivity index (χ2n) is 6.91. The predicted molar refractivity (Wildman–Crippen MR) is 118 cm³/mol. The second-order valence-corrected chi connectivity index (χ2v) is 7.90. The molecule has 0 aromatic carbocycles. The molecule has 1 saturated heterocycles. The molecule has 3 rings (SSSR count). The highest BCUT2D eigenvalue weighted by molar-refractivity contribution is 7.99. The number of halogens is 2. The Labute approximate surface area is 178 Å². The molecule has 5 nitrogen and oxygen atoms in total. The number of hydrogen-bond donors (Lipinski definition) is 1. The molecule has 1 amide bonds. The van der Waals surface area contributed by atoms with Crippen molar-refractivity contribution >= 4 is 48.1 Å². The number of fused-ring (bicyclic) bond motifs is 1. The van der Waals surface area contributed by atoms with Crippen LogP contribution in [0, 0.1) is 12.8 Å². The Morgan fingerprint density at radius 3 is 2.70 bits per heavy atom. The molecule has 1 aliphatic heterocycles. The average Bonchev–Trinajstić information content (AvgIpc) is 3.02. The number of amides is 1. The Kier molecular flexibility index (Phi) is 10.5. The molecule has 3 heterocycles. The van der Waals surface area contributed by atoms with Gasteiger partial charge in [0.25, 0.3) is 0 Å². The predicted octanol–water partition coefficient (Wildman–Crippen LogP) is 3.57. The minimum atomic E-state index is 0. The molecule has 8 heteroatoms. The molecule has 152 valence electrons. The van der Waals surface area contributed by atoms with Gasteiger partial charge < -0.3 is 14.6 Å².